The van der Waals surface area contributed by atoms with Crippen molar-refractivity contribution in [1.29, 1.82) is 0 Å². The van der Waals surface area contributed by atoms with E-state index in [1.807, 2.05) is 104 Å². The fourth-order valence-electron chi connectivity index (χ4n) is 6.17. The van der Waals surface area contributed by atoms with E-state index in [1.165, 1.54) is 81.8 Å². The van der Waals surface area contributed by atoms with Crippen molar-refractivity contribution in [3.05, 3.63) is 142 Å². The molecular formula is C75H140O2. The molecule has 4 aromatic carbocycles. The van der Waals surface area contributed by atoms with Crippen LogP contribution in [-0.4, -0.2) is 11.6 Å². The van der Waals surface area contributed by atoms with E-state index in [-0.39, 0.29) is 7.43 Å². The summed E-state index contributed by atoms with van der Waals surface area (Å²) >= 11 is 0. The lowest BCUT2D eigenvalue weighted by molar-refractivity contribution is 0.0970. The van der Waals surface area contributed by atoms with Crippen LogP contribution in [-0.2, 0) is 38.5 Å². The molecule has 0 N–H and O–H groups in total. The lowest BCUT2D eigenvalue weighted by Gasteiger charge is -2.13. The molecule has 0 heterocycles. The minimum Gasteiger partial charge on any atom is -0.294 e. The number of hydrogen-bond acceptors (Lipinski definition) is 2. The van der Waals surface area contributed by atoms with Crippen LogP contribution in [0.5, 0.6) is 0 Å². The molecule has 0 amide bonds. The number of hydrogen-bond donors (Lipinski definition) is 0. The number of fused-ring (bicyclic) bond motifs is 4. The van der Waals surface area contributed by atoms with Crippen LogP contribution in [0, 0.1) is 23.7 Å². The fourth-order valence-corrected chi connectivity index (χ4v) is 6.17. The van der Waals surface area contributed by atoms with Crippen molar-refractivity contribution in [2.75, 3.05) is 0 Å². The molecular weight excluding hydrogens is 933 g/mol. The molecule has 0 saturated carbocycles. The maximum atomic E-state index is 11.3. The first-order valence-corrected chi connectivity index (χ1v) is 31.6. The first kappa shape index (κ1) is 92.6. The third-order valence-corrected chi connectivity index (χ3v) is 8.38. The van der Waals surface area contributed by atoms with E-state index < -0.39 is 0 Å². The molecule has 0 bridgehead atoms. The molecule has 2 heteroatoms. The largest absolute Gasteiger partial charge is 0.294 e. The first-order chi connectivity index (χ1) is 36.3. The Kier molecular flexibility index (Phi) is 89.3. The third-order valence-electron chi connectivity index (χ3n) is 8.38. The van der Waals surface area contributed by atoms with Gasteiger partial charge in [-0.05, 0) is 121 Å². The Morgan fingerprint density at radius 2 is 0.442 bits per heavy atom. The standard InChI is InChI=1S/C10H10O.C10H12.C9H8O.C9H10.4C4H10.4C3H8.4C2H6.CH4/c11-10-7-3-5-8-4-1-2-6-9(8)10;1-2-6-10-8-4-3-7-9(10)5-1;10-9-6-5-7-3-1-2-4-8(7)9;1-2-5-9-7-3-6-8(9)4-1;4*1-4(2)3;4*1-3-2;4*1-2;/h1-2,4,6H,3,5,7H2;1-2,5-6H,3-4,7-8H2;1-4H,5-6H2;1-2,4-5H,3,6-7H2;4*4H,1-3H3;4*3H2,1-2H3;4*1-2H3;1H4. The van der Waals surface area contributed by atoms with Gasteiger partial charge in [0, 0.05) is 24.0 Å². The number of benzene rings is 4. The first-order valence-electron chi connectivity index (χ1n) is 31.6. The summed E-state index contributed by atoms with van der Waals surface area (Å²) in [7, 11) is 0. The van der Waals surface area contributed by atoms with Crippen molar-refractivity contribution in [3.63, 3.8) is 0 Å². The average molecular weight is 1070 g/mol. The second kappa shape index (κ2) is 74.3. The van der Waals surface area contributed by atoms with E-state index in [1.54, 1.807) is 22.3 Å². The molecule has 4 aromatic rings. The lowest BCUT2D eigenvalue weighted by atomic mass is 9.91. The van der Waals surface area contributed by atoms with E-state index in [9.17, 15) is 9.59 Å². The van der Waals surface area contributed by atoms with Crippen molar-refractivity contribution < 1.29 is 9.59 Å². The number of carbonyl (C=O) groups excluding carboxylic acids is 2. The molecule has 452 valence electrons. The van der Waals surface area contributed by atoms with Crippen LogP contribution in [0.2, 0.25) is 0 Å². The summed E-state index contributed by atoms with van der Waals surface area (Å²) in [5, 5.41) is 0. The van der Waals surface area contributed by atoms with Crippen LogP contribution < -0.4 is 0 Å². The van der Waals surface area contributed by atoms with Gasteiger partial charge in [-0.15, -0.1) is 0 Å². The molecule has 8 rings (SSSR count). The highest BCUT2D eigenvalue weighted by atomic mass is 16.1. The molecule has 0 aromatic heterocycles. The van der Waals surface area contributed by atoms with Gasteiger partial charge in [-0.25, -0.2) is 0 Å². The van der Waals surface area contributed by atoms with Gasteiger partial charge in [-0.2, -0.15) is 0 Å². The van der Waals surface area contributed by atoms with Crippen molar-refractivity contribution in [2.24, 2.45) is 23.7 Å². The maximum Gasteiger partial charge on any atom is 0.163 e. The predicted molar refractivity (Wildman–Crippen MR) is 362 cm³/mol. The normalized spacial score (nSPS) is 11.4. The second-order valence-electron chi connectivity index (χ2n) is 20.9. The molecule has 0 saturated heterocycles. The number of Topliss-reactive ketones (excluding diaryl/α,β-unsaturated/α-hetero) is 2. The van der Waals surface area contributed by atoms with Gasteiger partial charge in [0.1, 0.15) is 0 Å². The zero-order valence-corrected chi connectivity index (χ0v) is 56.7. The van der Waals surface area contributed by atoms with Crippen LogP contribution in [0.4, 0.5) is 0 Å². The topological polar surface area (TPSA) is 34.1 Å². The van der Waals surface area contributed by atoms with E-state index >= 15 is 0 Å². The summed E-state index contributed by atoms with van der Waals surface area (Å²) in [4.78, 5) is 22.4. The van der Waals surface area contributed by atoms with Gasteiger partial charge in [-0.3, -0.25) is 9.59 Å². The quantitative estimate of drug-likeness (QED) is 0.176. The highest BCUT2D eigenvalue weighted by molar-refractivity contribution is 6.00. The number of carbonyl (C=O) groups is 2. The monoisotopic (exact) mass is 1070 g/mol. The molecule has 0 atom stereocenters. The fraction of sp³-hybridized carbons (Fsp3) is 0.653. The van der Waals surface area contributed by atoms with E-state index in [0.29, 0.717) is 18.0 Å². The highest BCUT2D eigenvalue weighted by Crippen LogP contribution is 2.22. The molecule has 77 heavy (non-hydrogen) atoms. The molecule has 0 spiro atoms. The molecule has 0 fully saturated rings. The molecule has 0 radical (unpaired) electrons. The van der Waals surface area contributed by atoms with Crippen LogP contribution in [0.15, 0.2) is 97.1 Å². The molecule has 0 aliphatic heterocycles. The van der Waals surface area contributed by atoms with Crippen molar-refractivity contribution >= 4 is 11.6 Å². The predicted octanol–water partition coefficient (Wildman–Crippen LogP) is 25.8. The van der Waals surface area contributed by atoms with Gasteiger partial charge in [0.25, 0.3) is 0 Å². The SMILES string of the molecule is C.CC.CC.CC.CC.CC(C)C.CC(C)C.CC(C)C.CC(C)C.CCC.CCC.CCC.CCC.O=C1CCCc2ccccc21.O=C1CCc2ccccc21.c1ccc2c(c1)CCC2.c1ccc2c(c1)CCCC2. The van der Waals surface area contributed by atoms with E-state index in [4.69, 9.17) is 0 Å². The summed E-state index contributed by atoms with van der Waals surface area (Å²) in [6.45, 7) is 59.0. The minimum atomic E-state index is 0. The maximum absolute atomic E-state index is 11.3. The highest BCUT2D eigenvalue weighted by Gasteiger charge is 2.17. The van der Waals surface area contributed by atoms with E-state index in [2.05, 4.69) is 187 Å². The summed E-state index contributed by atoms with van der Waals surface area (Å²) in [5.41, 5.74) is 10.6. The summed E-state index contributed by atoms with van der Waals surface area (Å²) in [6, 6.07) is 33.3. The number of ketones is 2. The number of rotatable bonds is 0. The molecule has 4 aliphatic carbocycles. The Bertz CT molecular complexity index is 1620. The average Bonchev–Trinajstić information content (AvgIpc) is 4.04. The summed E-state index contributed by atoms with van der Waals surface area (Å²) < 4.78 is 0. The Balaban J connectivity index is -0.0000000955. The Morgan fingerprint density at radius 1 is 0.273 bits per heavy atom. The van der Waals surface area contributed by atoms with Crippen LogP contribution in [0.3, 0.4) is 0 Å². The van der Waals surface area contributed by atoms with Crippen LogP contribution in [0.25, 0.3) is 0 Å². The van der Waals surface area contributed by atoms with Crippen LogP contribution >= 0.6 is 0 Å². The van der Waals surface area contributed by atoms with Gasteiger partial charge in [0.05, 0.1) is 0 Å². The van der Waals surface area contributed by atoms with Gasteiger partial charge < -0.3 is 0 Å². The molecule has 0 unspecified atom stereocenters. The Labute approximate surface area is 488 Å². The van der Waals surface area contributed by atoms with Gasteiger partial charge in [-0.1, -0.05) is 324 Å². The van der Waals surface area contributed by atoms with Crippen molar-refractivity contribution in [1.82, 2.24) is 0 Å². The lowest BCUT2D eigenvalue weighted by Crippen LogP contribution is -2.09. The summed E-state index contributed by atoms with van der Waals surface area (Å²) in [5.74, 6) is 3.95. The molecule has 4 aliphatic rings. The van der Waals surface area contributed by atoms with Gasteiger partial charge >= 0.3 is 0 Å². The molecule has 2 nitrogen and oxygen atoms in total. The smallest absolute Gasteiger partial charge is 0.163 e. The third kappa shape index (κ3) is 68.3. The van der Waals surface area contributed by atoms with E-state index in [0.717, 1.165) is 60.5 Å². The van der Waals surface area contributed by atoms with Gasteiger partial charge in [0.15, 0.2) is 11.6 Å². The number of aryl methyl sites for hydroxylation is 6. The van der Waals surface area contributed by atoms with Crippen molar-refractivity contribution in [2.45, 2.75) is 304 Å². The second-order valence-corrected chi connectivity index (χ2v) is 20.9. The Hall–Kier alpha value is -3.78. The Morgan fingerprint density at radius 3 is 0.688 bits per heavy atom. The van der Waals surface area contributed by atoms with Crippen LogP contribution in [0.1, 0.15) is 320 Å². The van der Waals surface area contributed by atoms with Gasteiger partial charge in [0.2, 0.25) is 0 Å². The minimum absolute atomic E-state index is 0. The zero-order valence-electron chi connectivity index (χ0n) is 56.7. The summed E-state index contributed by atoms with van der Waals surface area (Å²) in [6.07, 6.45) is 18.8. The van der Waals surface area contributed by atoms with Crippen molar-refractivity contribution in [3.8, 4) is 0 Å². The zero-order chi connectivity index (χ0) is 60.7.